The van der Waals surface area contributed by atoms with Gasteiger partial charge in [-0.2, -0.15) is 0 Å². The second-order valence-corrected chi connectivity index (χ2v) is 9.40. The lowest BCUT2D eigenvalue weighted by Crippen LogP contribution is -2.54. The quantitative estimate of drug-likeness (QED) is 0.846. The van der Waals surface area contributed by atoms with Gasteiger partial charge >= 0.3 is 0 Å². The van der Waals surface area contributed by atoms with Crippen LogP contribution in [0.25, 0.3) is 0 Å². The summed E-state index contributed by atoms with van der Waals surface area (Å²) in [5.41, 5.74) is 1.29. The van der Waals surface area contributed by atoms with Crippen molar-refractivity contribution in [3.05, 3.63) is 35.9 Å². The Morgan fingerprint density at radius 3 is 2.45 bits per heavy atom. The highest BCUT2D eigenvalue weighted by atomic mass is 16.3. The first-order valence-electron chi connectivity index (χ1n) is 11.3. The SMILES string of the molecule is O=C1CCC2(CCN(C(=O)C(O)C3CCCCC3)CC2)CN1Cc1ccccc1. The zero-order chi connectivity index (χ0) is 20.3. The monoisotopic (exact) mass is 398 g/mol. The normalized spacial score (nSPS) is 24.0. The van der Waals surface area contributed by atoms with Crippen LogP contribution in [0.5, 0.6) is 0 Å². The number of amides is 2. The Kier molecular flexibility index (Phi) is 6.23. The van der Waals surface area contributed by atoms with Gasteiger partial charge in [0, 0.05) is 32.6 Å². The van der Waals surface area contributed by atoms with Crippen LogP contribution in [-0.4, -0.2) is 52.5 Å². The zero-order valence-electron chi connectivity index (χ0n) is 17.4. The highest BCUT2D eigenvalue weighted by Gasteiger charge is 2.42. The van der Waals surface area contributed by atoms with Gasteiger partial charge in [0.05, 0.1) is 0 Å². The summed E-state index contributed by atoms with van der Waals surface area (Å²) < 4.78 is 0. The summed E-state index contributed by atoms with van der Waals surface area (Å²) in [6, 6.07) is 10.2. The van der Waals surface area contributed by atoms with Crippen molar-refractivity contribution in [3.63, 3.8) is 0 Å². The Morgan fingerprint density at radius 2 is 1.76 bits per heavy atom. The molecular formula is C24H34N2O3. The average Bonchev–Trinajstić information content (AvgIpc) is 2.77. The molecule has 2 saturated heterocycles. The standard InChI is InChI=1S/C24H34N2O3/c27-21-11-12-24(18-26(21)17-19-7-3-1-4-8-19)13-15-25(16-14-24)23(29)22(28)20-9-5-2-6-10-20/h1,3-4,7-8,20,22,28H,2,5-6,9-18H2. The van der Waals surface area contributed by atoms with E-state index in [2.05, 4.69) is 12.1 Å². The van der Waals surface area contributed by atoms with Gasteiger partial charge in [-0.15, -0.1) is 0 Å². The van der Waals surface area contributed by atoms with Crippen molar-refractivity contribution >= 4 is 11.8 Å². The minimum Gasteiger partial charge on any atom is -0.383 e. The maximum atomic E-state index is 12.8. The molecule has 1 N–H and O–H groups in total. The fraction of sp³-hybridized carbons (Fsp3) is 0.667. The molecule has 1 aliphatic carbocycles. The number of nitrogens with zero attached hydrogens (tertiary/aromatic N) is 2. The van der Waals surface area contributed by atoms with E-state index in [1.54, 1.807) is 0 Å². The molecule has 3 aliphatic rings. The highest BCUT2D eigenvalue weighted by molar-refractivity contribution is 5.81. The second kappa shape index (κ2) is 8.86. The molecule has 1 saturated carbocycles. The molecule has 0 radical (unpaired) electrons. The van der Waals surface area contributed by atoms with E-state index in [9.17, 15) is 14.7 Å². The molecule has 0 bridgehead atoms. The molecule has 1 aromatic rings. The number of carbonyl (C=O) groups excluding carboxylic acids is 2. The van der Waals surface area contributed by atoms with E-state index in [-0.39, 0.29) is 23.1 Å². The Hall–Kier alpha value is -1.88. The van der Waals surface area contributed by atoms with Crippen LogP contribution in [0.4, 0.5) is 0 Å². The van der Waals surface area contributed by atoms with Crippen molar-refractivity contribution in [2.24, 2.45) is 11.3 Å². The Bertz CT molecular complexity index is 706. The number of hydrogen-bond acceptors (Lipinski definition) is 3. The van der Waals surface area contributed by atoms with E-state index >= 15 is 0 Å². The first-order valence-corrected chi connectivity index (χ1v) is 11.3. The smallest absolute Gasteiger partial charge is 0.251 e. The highest BCUT2D eigenvalue weighted by Crippen LogP contribution is 2.41. The van der Waals surface area contributed by atoms with Crippen molar-refractivity contribution < 1.29 is 14.7 Å². The van der Waals surface area contributed by atoms with Gasteiger partial charge in [-0.05, 0) is 49.0 Å². The van der Waals surface area contributed by atoms with Crippen molar-refractivity contribution in [1.82, 2.24) is 9.80 Å². The number of hydrogen-bond donors (Lipinski definition) is 1. The fourth-order valence-electron chi connectivity index (χ4n) is 5.50. The van der Waals surface area contributed by atoms with Crippen LogP contribution in [0.15, 0.2) is 30.3 Å². The van der Waals surface area contributed by atoms with Gasteiger partial charge in [0.1, 0.15) is 6.10 Å². The molecule has 3 fully saturated rings. The first kappa shape index (κ1) is 20.4. The van der Waals surface area contributed by atoms with Gasteiger partial charge in [0.2, 0.25) is 5.91 Å². The number of benzene rings is 1. The summed E-state index contributed by atoms with van der Waals surface area (Å²) in [7, 11) is 0. The minimum absolute atomic E-state index is 0.0697. The molecule has 2 heterocycles. The third kappa shape index (κ3) is 4.66. The molecule has 4 rings (SSSR count). The van der Waals surface area contributed by atoms with E-state index in [1.807, 2.05) is 28.0 Å². The van der Waals surface area contributed by atoms with Crippen LogP contribution in [-0.2, 0) is 16.1 Å². The molecule has 1 atom stereocenters. The van der Waals surface area contributed by atoms with Crippen molar-refractivity contribution in [2.45, 2.75) is 70.4 Å². The van der Waals surface area contributed by atoms with E-state index in [0.717, 1.165) is 51.5 Å². The van der Waals surface area contributed by atoms with Crippen LogP contribution >= 0.6 is 0 Å². The molecule has 5 heteroatoms. The zero-order valence-corrected chi connectivity index (χ0v) is 17.4. The number of aliphatic hydroxyl groups is 1. The third-order valence-electron chi connectivity index (χ3n) is 7.45. The molecule has 1 spiro atoms. The number of piperidine rings is 2. The number of rotatable bonds is 4. The fourth-order valence-corrected chi connectivity index (χ4v) is 5.50. The molecule has 1 aromatic carbocycles. The van der Waals surface area contributed by atoms with Crippen LogP contribution < -0.4 is 0 Å². The predicted molar refractivity (Wildman–Crippen MR) is 112 cm³/mol. The lowest BCUT2D eigenvalue weighted by Gasteiger charge is -2.48. The summed E-state index contributed by atoms with van der Waals surface area (Å²) in [5, 5.41) is 10.6. The van der Waals surface area contributed by atoms with E-state index < -0.39 is 6.10 Å². The first-order chi connectivity index (χ1) is 14.1. The predicted octanol–water partition coefficient (Wildman–Crippen LogP) is 3.36. The lowest BCUT2D eigenvalue weighted by molar-refractivity contribution is -0.149. The summed E-state index contributed by atoms with van der Waals surface area (Å²) in [6.45, 7) is 2.87. The Balaban J connectivity index is 1.34. The maximum absolute atomic E-state index is 12.8. The van der Waals surface area contributed by atoms with E-state index in [4.69, 9.17) is 0 Å². The summed E-state index contributed by atoms with van der Waals surface area (Å²) in [6.07, 6.45) is 7.97. The summed E-state index contributed by atoms with van der Waals surface area (Å²) in [4.78, 5) is 29.2. The molecule has 0 aromatic heterocycles. The van der Waals surface area contributed by atoms with Crippen LogP contribution in [0.2, 0.25) is 0 Å². The Labute approximate surface area is 174 Å². The minimum atomic E-state index is -0.827. The molecule has 5 nitrogen and oxygen atoms in total. The Morgan fingerprint density at radius 1 is 1.07 bits per heavy atom. The van der Waals surface area contributed by atoms with E-state index in [1.165, 1.54) is 12.0 Å². The maximum Gasteiger partial charge on any atom is 0.251 e. The molecule has 2 amide bonds. The lowest BCUT2D eigenvalue weighted by atomic mass is 9.72. The van der Waals surface area contributed by atoms with Gasteiger partial charge in [-0.25, -0.2) is 0 Å². The van der Waals surface area contributed by atoms with E-state index in [0.29, 0.717) is 26.1 Å². The molecular weight excluding hydrogens is 364 g/mol. The van der Waals surface area contributed by atoms with Crippen molar-refractivity contribution in [1.29, 1.82) is 0 Å². The van der Waals surface area contributed by atoms with Gasteiger partial charge in [0.25, 0.3) is 5.91 Å². The number of aliphatic hydroxyl groups excluding tert-OH is 1. The second-order valence-electron chi connectivity index (χ2n) is 9.40. The number of likely N-dealkylation sites (tertiary alicyclic amines) is 2. The van der Waals surface area contributed by atoms with Crippen LogP contribution in [0.3, 0.4) is 0 Å². The van der Waals surface area contributed by atoms with Crippen molar-refractivity contribution in [2.75, 3.05) is 19.6 Å². The molecule has 29 heavy (non-hydrogen) atoms. The van der Waals surface area contributed by atoms with Gasteiger partial charge < -0.3 is 14.9 Å². The topological polar surface area (TPSA) is 60.9 Å². The van der Waals surface area contributed by atoms with Gasteiger partial charge in [-0.3, -0.25) is 9.59 Å². The van der Waals surface area contributed by atoms with Crippen LogP contribution in [0.1, 0.15) is 63.4 Å². The summed E-state index contributed by atoms with van der Waals surface area (Å²) >= 11 is 0. The molecule has 158 valence electrons. The van der Waals surface area contributed by atoms with Crippen LogP contribution in [0, 0.1) is 11.3 Å². The number of carbonyl (C=O) groups is 2. The van der Waals surface area contributed by atoms with Gasteiger partial charge in [0.15, 0.2) is 0 Å². The largest absolute Gasteiger partial charge is 0.383 e. The third-order valence-corrected chi connectivity index (χ3v) is 7.45. The summed E-state index contributed by atoms with van der Waals surface area (Å²) in [5.74, 6) is 0.311. The van der Waals surface area contributed by atoms with Crippen molar-refractivity contribution in [3.8, 4) is 0 Å². The van der Waals surface area contributed by atoms with Gasteiger partial charge in [-0.1, -0.05) is 49.6 Å². The average molecular weight is 399 g/mol. The molecule has 2 aliphatic heterocycles. The molecule has 1 unspecified atom stereocenters.